The molecule has 2 aromatic rings. The van der Waals surface area contributed by atoms with Crippen LogP contribution in [-0.4, -0.2) is 68.0 Å². The van der Waals surface area contributed by atoms with Crippen LogP contribution in [0, 0.1) is 0 Å². The van der Waals surface area contributed by atoms with Crippen LogP contribution in [0.15, 0.2) is 41.4 Å². The molecule has 3 unspecified atom stereocenters. The van der Waals surface area contributed by atoms with Gasteiger partial charge in [-0.25, -0.2) is 0 Å². The normalized spacial score (nSPS) is 22.4. The van der Waals surface area contributed by atoms with Crippen LogP contribution in [0.4, 0.5) is 5.69 Å². The first-order valence-corrected chi connectivity index (χ1v) is 14.7. The van der Waals surface area contributed by atoms with E-state index in [0.717, 1.165) is 67.0 Å². The monoisotopic (exact) mass is 547 g/mol. The van der Waals surface area contributed by atoms with Gasteiger partial charge in [-0.2, -0.15) is 0 Å². The number of nitrogens with one attached hydrogen (secondary N) is 1. The smallest absolute Gasteiger partial charge is 0.302 e. The second kappa shape index (κ2) is 12.9. The highest BCUT2D eigenvalue weighted by Crippen LogP contribution is 2.45. The minimum absolute atomic E-state index is 0.0283. The number of carbonyl (C=O) groups is 2. The highest BCUT2D eigenvalue weighted by Gasteiger charge is 2.38. The molecule has 214 valence electrons. The molecule has 8 heteroatoms. The van der Waals surface area contributed by atoms with E-state index in [9.17, 15) is 9.59 Å². The van der Waals surface area contributed by atoms with Gasteiger partial charge >= 0.3 is 5.97 Å². The lowest BCUT2D eigenvalue weighted by molar-refractivity contribution is -0.148. The number of hydrogen-bond donors (Lipinski definition) is 1. The maximum absolute atomic E-state index is 12.8. The van der Waals surface area contributed by atoms with Crippen molar-refractivity contribution in [2.24, 2.45) is 4.99 Å². The van der Waals surface area contributed by atoms with E-state index >= 15 is 0 Å². The van der Waals surface area contributed by atoms with E-state index in [1.165, 1.54) is 26.2 Å². The summed E-state index contributed by atoms with van der Waals surface area (Å²) in [6, 6.07) is 12.1. The number of ether oxygens (including phenoxy) is 3. The van der Waals surface area contributed by atoms with Crippen LogP contribution in [0.25, 0.3) is 0 Å². The summed E-state index contributed by atoms with van der Waals surface area (Å²) in [5.41, 5.74) is 4.71. The molecule has 3 atom stereocenters. The molecule has 1 aliphatic carbocycles. The molecular weight excluding hydrogens is 506 g/mol. The summed E-state index contributed by atoms with van der Waals surface area (Å²) in [6.45, 7) is 6.91. The van der Waals surface area contributed by atoms with Crippen molar-refractivity contribution in [3.05, 3.63) is 53.1 Å². The number of aliphatic imine (C=N–C) groups is 1. The van der Waals surface area contributed by atoms with Crippen LogP contribution < -0.4 is 14.8 Å². The van der Waals surface area contributed by atoms with Crippen LogP contribution >= 0.6 is 0 Å². The van der Waals surface area contributed by atoms with E-state index in [1.54, 1.807) is 7.11 Å². The lowest BCUT2D eigenvalue weighted by Gasteiger charge is -2.38. The van der Waals surface area contributed by atoms with Crippen LogP contribution in [-0.2, 0) is 14.3 Å². The average Bonchev–Trinajstić information content (AvgIpc) is 2.96. The van der Waals surface area contributed by atoms with Gasteiger partial charge < -0.3 is 24.4 Å². The maximum atomic E-state index is 12.8. The number of fused-ring (bicyclic) bond motifs is 3. The van der Waals surface area contributed by atoms with E-state index in [2.05, 4.69) is 16.3 Å². The summed E-state index contributed by atoms with van der Waals surface area (Å²) in [7, 11) is 1.64. The van der Waals surface area contributed by atoms with Gasteiger partial charge in [0, 0.05) is 42.6 Å². The predicted octanol–water partition coefficient (Wildman–Crippen LogP) is 5.33. The number of rotatable bonds is 9. The molecule has 2 aliphatic heterocycles. The number of esters is 1. The van der Waals surface area contributed by atoms with Crippen molar-refractivity contribution in [3.8, 4) is 11.5 Å². The van der Waals surface area contributed by atoms with Gasteiger partial charge in [-0.1, -0.05) is 18.6 Å². The Labute approximate surface area is 237 Å². The van der Waals surface area contributed by atoms with Gasteiger partial charge in [-0.3, -0.25) is 14.6 Å². The minimum atomic E-state index is -0.247. The third-order valence-corrected chi connectivity index (χ3v) is 8.21. The summed E-state index contributed by atoms with van der Waals surface area (Å²) >= 11 is 0. The summed E-state index contributed by atoms with van der Waals surface area (Å²) in [6.07, 6.45) is 6.42. The van der Waals surface area contributed by atoms with Gasteiger partial charge in [-0.05, 0) is 81.9 Å². The van der Waals surface area contributed by atoms with E-state index in [1.807, 2.05) is 37.3 Å². The van der Waals surface area contributed by atoms with Crippen LogP contribution in [0.3, 0.4) is 0 Å². The fourth-order valence-corrected chi connectivity index (χ4v) is 6.34. The Morgan fingerprint density at radius 1 is 1.07 bits per heavy atom. The van der Waals surface area contributed by atoms with E-state index in [0.29, 0.717) is 24.5 Å². The van der Waals surface area contributed by atoms with E-state index in [4.69, 9.17) is 19.2 Å². The minimum Gasteiger partial charge on any atom is -0.493 e. The maximum Gasteiger partial charge on any atom is 0.302 e. The average molecular weight is 548 g/mol. The second-order valence-electron chi connectivity index (χ2n) is 11.0. The number of anilines is 1. The van der Waals surface area contributed by atoms with Crippen molar-refractivity contribution in [1.29, 1.82) is 0 Å². The predicted molar refractivity (Wildman–Crippen MR) is 156 cm³/mol. The Hall–Kier alpha value is -3.39. The fraction of sp³-hybridized carbons (Fsp3) is 0.531. The van der Waals surface area contributed by atoms with Crippen LogP contribution in [0.1, 0.15) is 81.4 Å². The van der Waals surface area contributed by atoms with Crippen molar-refractivity contribution in [2.45, 2.75) is 76.9 Å². The molecule has 0 aromatic heterocycles. The number of piperidine rings is 1. The topological polar surface area (TPSA) is 89.5 Å². The third-order valence-electron chi connectivity index (χ3n) is 8.21. The summed E-state index contributed by atoms with van der Waals surface area (Å²) in [5, 5.41) is 3.10. The molecule has 3 aliphatic rings. The zero-order valence-electron chi connectivity index (χ0n) is 23.9. The number of likely N-dealkylation sites (tertiary alicyclic amines) is 1. The zero-order valence-corrected chi connectivity index (χ0v) is 23.9. The molecule has 5 rings (SSSR count). The van der Waals surface area contributed by atoms with Crippen LogP contribution in [0.5, 0.6) is 11.5 Å². The molecule has 0 bridgehead atoms. The summed E-state index contributed by atoms with van der Waals surface area (Å²) in [5.74, 6) is 1.25. The van der Waals surface area contributed by atoms with Gasteiger partial charge in [0.2, 0.25) is 5.91 Å². The first-order chi connectivity index (χ1) is 19.4. The molecule has 1 amide bonds. The molecule has 2 aromatic carbocycles. The fourth-order valence-electron chi connectivity index (χ4n) is 6.34. The van der Waals surface area contributed by atoms with Crippen molar-refractivity contribution in [2.75, 3.05) is 38.7 Å². The molecule has 2 fully saturated rings. The molecule has 0 spiro atoms. The number of carbonyl (C=O) groups excluding carboxylic acids is 2. The Morgan fingerprint density at radius 3 is 2.65 bits per heavy atom. The van der Waals surface area contributed by atoms with Gasteiger partial charge in [0.25, 0.3) is 0 Å². The molecule has 1 N–H and O–H groups in total. The first-order valence-electron chi connectivity index (χ1n) is 14.7. The quantitative estimate of drug-likeness (QED) is 0.427. The Bertz CT molecular complexity index is 1250. The summed E-state index contributed by atoms with van der Waals surface area (Å²) < 4.78 is 17.2. The van der Waals surface area contributed by atoms with Crippen molar-refractivity contribution in [1.82, 2.24) is 4.90 Å². The third kappa shape index (κ3) is 6.49. The number of hydrogen-bond acceptors (Lipinski definition) is 7. The molecule has 2 heterocycles. The van der Waals surface area contributed by atoms with E-state index < -0.39 is 0 Å². The summed E-state index contributed by atoms with van der Waals surface area (Å²) in [4.78, 5) is 32.1. The van der Waals surface area contributed by atoms with Gasteiger partial charge in [0.05, 0.1) is 25.5 Å². The molecular formula is C32H41N3O5. The lowest BCUT2D eigenvalue weighted by atomic mass is 9.74. The van der Waals surface area contributed by atoms with Crippen molar-refractivity contribution in [3.63, 3.8) is 0 Å². The number of methoxy groups -OCH3 is 1. The van der Waals surface area contributed by atoms with Crippen LogP contribution in [0.2, 0.25) is 0 Å². The van der Waals surface area contributed by atoms with Gasteiger partial charge in [-0.15, -0.1) is 0 Å². The first kappa shape index (κ1) is 28.1. The van der Waals surface area contributed by atoms with Gasteiger partial charge in [0.15, 0.2) is 11.5 Å². The SMILES string of the molecule is CCOc1cc2c(cc1OC)C(c1cccc(NC(=O)CCN3CCCCC3)c1)=NC1CCC(OC(C)=O)CC21. The van der Waals surface area contributed by atoms with Crippen molar-refractivity contribution >= 4 is 23.3 Å². The lowest BCUT2D eigenvalue weighted by Crippen LogP contribution is -2.36. The standard InChI is InChI=1S/C32H41N3O5/c1-4-39-30-19-25-26-18-24(40-21(2)36)11-12-28(26)34-32(27(25)20-29(30)38-3)22-9-8-10-23(17-22)33-31(37)13-16-35-14-6-5-7-15-35/h8-10,17,19-20,24,26,28H,4-7,11-16,18H2,1-3H3,(H,33,37). The van der Waals surface area contributed by atoms with E-state index in [-0.39, 0.29) is 29.9 Å². The molecule has 40 heavy (non-hydrogen) atoms. The molecule has 1 saturated carbocycles. The molecule has 0 radical (unpaired) electrons. The highest BCUT2D eigenvalue weighted by atomic mass is 16.5. The molecule has 1 saturated heterocycles. The zero-order chi connectivity index (χ0) is 28.1. The number of benzene rings is 2. The van der Waals surface area contributed by atoms with Crippen molar-refractivity contribution < 1.29 is 23.8 Å². The van der Waals surface area contributed by atoms with Gasteiger partial charge in [0.1, 0.15) is 6.10 Å². The largest absolute Gasteiger partial charge is 0.493 e. The Morgan fingerprint density at radius 2 is 1.90 bits per heavy atom. The Balaban J connectivity index is 1.42. The number of amides is 1. The number of nitrogens with zero attached hydrogens (tertiary/aromatic N) is 2. The highest BCUT2D eigenvalue weighted by molar-refractivity contribution is 6.15. The Kier molecular flexibility index (Phi) is 9.04. The molecule has 8 nitrogen and oxygen atoms in total. The second-order valence-corrected chi connectivity index (χ2v) is 11.0.